The van der Waals surface area contributed by atoms with E-state index in [0.29, 0.717) is 9.76 Å². The third kappa shape index (κ3) is 4.96. The predicted octanol–water partition coefficient (Wildman–Crippen LogP) is 0.941. The maximum absolute atomic E-state index is 5.25. The van der Waals surface area contributed by atoms with Crippen LogP contribution in [0.1, 0.15) is 20.8 Å². The molecule has 0 rings (SSSR count). The molecule has 10 heavy (non-hydrogen) atoms. The largest absolute Gasteiger partial charge is 0.416 e. The van der Waals surface area contributed by atoms with Gasteiger partial charge in [-0.1, -0.05) is 13.8 Å². The van der Waals surface area contributed by atoms with Crippen LogP contribution in [0.2, 0.25) is 0 Å². The molecule has 0 saturated carbocycles. The Morgan fingerprint density at radius 2 is 1.80 bits per heavy atom. The second-order valence-electron chi connectivity index (χ2n) is 2.04. The first-order valence-corrected chi connectivity index (χ1v) is 5.03. The van der Waals surface area contributed by atoms with E-state index in [4.69, 9.17) is 4.43 Å². The number of rotatable bonds is 6. The van der Waals surface area contributed by atoms with Crippen molar-refractivity contribution in [2.24, 2.45) is 0 Å². The van der Waals surface area contributed by atoms with Crippen LogP contribution in [0.5, 0.6) is 0 Å². The SMILES string of the molecule is CCO[Si]CN(CC)CC. The van der Waals surface area contributed by atoms with Crippen LogP contribution in [0.15, 0.2) is 0 Å². The molecule has 0 heterocycles. The fraction of sp³-hybridized carbons (Fsp3) is 1.00. The molecule has 0 aromatic carbocycles. The van der Waals surface area contributed by atoms with Gasteiger partial charge in [0.05, 0.1) is 0 Å². The highest BCUT2D eigenvalue weighted by atomic mass is 28.2. The first kappa shape index (κ1) is 10.1. The molecule has 0 aromatic heterocycles. The van der Waals surface area contributed by atoms with Gasteiger partial charge in [-0.05, 0) is 20.0 Å². The second-order valence-corrected chi connectivity index (χ2v) is 2.93. The maximum Gasteiger partial charge on any atom is 0.245 e. The minimum Gasteiger partial charge on any atom is -0.416 e. The lowest BCUT2D eigenvalue weighted by molar-refractivity contribution is 0.308. The molecule has 0 saturated heterocycles. The monoisotopic (exact) mass is 159 g/mol. The highest BCUT2D eigenvalue weighted by molar-refractivity contribution is 6.27. The summed E-state index contributed by atoms with van der Waals surface area (Å²) in [6, 6.07) is 0. The third-order valence-electron chi connectivity index (χ3n) is 1.43. The Hall–Kier alpha value is 0.137. The quantitative estimate of drug-likeness (QED) is 0.422. The van der Waals surface area contributed by atoms with E-state index in [-0.39, 0.29) is 0 Å². The maximum atomic E-state index is 5.25. The summed E-state index contributed by atoms with van der Waals surface area (Å²) in [5, 5.41) is 0. The van der Waals surface area contributed by atoms with Crippen molar-refractivity contribution in [3.63, 3.8) is 0 Å². The van der Waals surface area contributed by atoms with E-state index in [1.54, 1.807) is 0 Å². The molecule has 0 amide bonds. The summed E-state index contributed by atoms with van der Waals surface area (Å²) in [6.45, 7) is 9.52. The van der Waals surface area contributed by atoms with Crippen LogP contribution >= 0.6 is 0 Å². The molecular formula is C7H17NOSi. The zero-order valence-electron chi connectivity index (χ0n) is 7.18. The van der Waals surface area contributed by atoms with Crippen LogP contribution in [0.3, 0.4) is 0 Å². The summed E-state index contributed by atoms with van der Waals surface area (Å²) in [4.78, 5) is 2.37. The average Bonchev–Trinajstić information content (AvgIpc) is 1.99. The molecule has 0 aliphatic rings. The molecule has 60 valence electrons. The summed E-state index contributed by atoms with van der Waals surface area (Å²) in [5.41, 5.74) is 0. The summed E-state index contributed by atoms with van der Waals surface area (Å²) in [6.07, 6.45) is 1.10. The first-order chi connectivity index (χ1) is 4.85. The molecule has 0 aliphatic heterocycles. The van der Waals surface area contributed by atoms with E-state index in [1.807, 2.05) is 6.92 Å². The van der Waals surface area contributed by atoms with Crippen molar-refractivity contribution < 1.29 is 4.43 Å². The molecule has 2 nitrogen and oxygen atoms in total. The van der Waals surface area contributed by atoms with E-state index < -0.39 is 0 Å². The molecule has 0 aromatic rings. The Labute approximate surface area is 66.5 Å². The molecule has 3 heteroatoms. The van der Waals surface area contributed by atoms with Crippen LogP contribution in [0.4, 0.5) is 0 Å². The minimum absolute atomic E-state index is 0.652. The van der Waals surface area contributed by atoms with Crippen molar-refractivity contribution in [1.82, 2.24) is 4.90 Å². The minimum atomic E-state index is 0.652. The third-order valence-corrected chi connectivity index (χ3v) is 2.50. The van der Waals surface area contributed by atoms with Crippen LogP contribution in [-0.4, -0.2) is 40.5 Å². The Morgan fingerprint density at radius 3 is 2.20 bits per heavy atom. The van der Waals surface area contributed by atoms with Gasteiger partial charge in [0.15, 0.2) is 0 Å². The molecular weight excluding hydrogens is 142 g/mol. The van der Waals surface area contributed by atoms with Gasteiger partial charge in [-0.2, -0.15) is 0 Å². The van der Waals surface area contributed by atoms with Gasteiger partial charge < -0.3 is 9.33 Å². The second kappa shape index (κ2) is 7.25. The van der Waals surface area contributed by atoms with Crippen LogP contribution < -0.4 is 0 Å². The average molecular weight is 159 g/mol. The Balaban J connectivity index is 3.09. The number of nitrogens with zero attached hydrogens (tertiary/aromatic N) is 1. The normalized spacial score (nSPS) is 10.8. The molecule has 0 N–H and O–H groups in total. The van der Waals surface area contributed by atoms with Crippen LogP contribution in [0.25, 0.3) is 0 Å². The van der Waals surface area contributed by atoms with Crippen molar-refractivity contribution in [2.75, 3.05) is 25.9 Å². The molecule has 0 fully saturated rings. The van der Waals surface area contributed by atoms with Crippen molar-refractivity contribution in [3.05, 3.63) is 0 Å². The van der Waals surface area contributed by atoms with Gasteiger partial charge in [0.2, 0.25) is 9.76 Å². The summed E-state index contributed by atoms with van der Waals surface area (Å²) < 4.78 is 5.25. The highest BCUT2D eigenvalue weighted by Crippen LogP contribution is 1.84. The van der Waals surface area contributed by atoms with E-state index in [1.165, 1.54) is 0 Å². The van der Waals surface area contributed by atoms with E-state index in [9.17, 15) is 0 Å². The van der Waals surface area contributed by atoms with Gasteiger partial charge in [-0.25, -0.2) is 0 Å². The molecule has 0 aliphatic carbocycles. The number of hydrogen-bond acceptors (Lipinski definition) is 2. The zero-order chi connectivity index (χ0) is 7.82. The fourth-order valence-corrected chi connectivity index (χ4v) is 1.61. The zero-order valence-corrected chi connectivity index (χ0v) is 8.18. The van der Waals surface area contributed by atoms with Gasteiger partial charge in [0, 0.05) is 12.8 Å². The lowest BCUT2D eigenvalue weighted by Crippen LogP contribution is -2.28. The van der Waals surface area contributed by atoms with Gasteiger partial charge in [0.25, 0.3) is 0 Å². The standard InChI is InChI=1S/C7H17NOSi/c1-4-8(5-2)7-10-9-6-3/h4-7H2,1-3H3. The van der Waals surface area contributed by atoms with Crippen LogP contribution in [0, 0.1) is 0 Å². The molecule has 0 atom stereocenters. The van der Waals surface area contributed by atoms with E-state index >= 15 is 0 Å². The lowest BCUT2D eigenvalue weighted by Gasteiger charge is -2.15. The molecule has 0 bridgehead atoms. The van der Waals surface area contributed by atoms with Crippen LogP contribution in [-0.2, 0) is 4.43 Å². The van der Waals surface area contributed by atoms with Crippen molar-refractivity contribution in [1.29, 1.82) is 0 Å². The van der Waals surface area contributed by atoms with E-state index in [0.717, 1.165) is 25.9 Å². The summed E-state index contributed by atoms with van der Waals surface area (Å²) in [7, 11) is 0.652. The molecule has 2 radical (unpaired) electrons. The van der Waals surface area contributed by atoms with Crippen molar-refractivity contribution >= 4 is 9.76 Å². The highest BCUT2D eigenvalue weighted by Gasteiger charge is 1.98. The lowest BCUT2D eigenvalue weighted by atomic mass is 10.6. The topological polar surface area (TPSA) is 12.5 Å². The van der Waals surface area contributed by atoms with Crippen molar-refractivity contribution in [2.45, 2.75) is 20.8 Å². The predicted molar refractivity (Wildman–Crippen MR) is 45.2 cm³/mol. The Morgan fingerprint density at radius 1 is 1.20 bits per heavy atom. The Kier molecular flexibility index (Phi) is 7.35. The molecule has 0 unspecified atom stereocenters. The summed E-state index contributed by atoms with van der Waals surface area (Å²) >= 11 is 0. The van der Waals surface area contributed by atoms with Gasteiger partial charge in [-0.15, -0.1) is 0 Å². The number of hydrogen-bond donors (Lipinski definition) is 0. The van der Waals surface area contributed by atoms with Crippen molar-refractivity contribution in [3.8, 4) is 0 Å². The van der Waals surface area contributed by atoms with E-state index in [2.05, 4.69) is 18.7 Å². The summed E-state index contributed by atoms with van der Waals surface area (Å²) in [5.74, 6) is 0. The molecule has 0 spiro atoms. The smallest absolute Gasteiger partial charge is 0.245 e. The van der Waals surface area contributed by atoms with Gasteiger partial charge in [-0.3, -0.25) is 0 Å². The van der Waals surface area contributed by atoms with Gasteiger partial charge >= 0.3 is 0 Å². The first-order valence-electron chi connectivity index (χ1n) is 3.92. The van der Waals surface area contributed by atoms with Gasteiger partial charge in [0.1, 0.15) is 0 Å². The Bertz CT molecular complexity index is 66.6. The fourth-order valence-electron chi connectivity index (χ4n) is 0.686.